The Labute approximate surface area is 186 Å². The van der Waals surface area contributed by atoms with Gasteiger partial charge in [-0.25, -0.2) is 17.8 Å². The third kappa shape index (κ3) is 5.20. The molecular weight excluding hydrogens is 429 g/mol. The van der Waals surface area contributed by atoms with E-state index in [2.05, 4.69) is 14.7 Å². The molecule has 0 aliphatic carbocycles. The van der Waals surface area contributed by atoms with Crippen LogP contribution in [0.3, 0.4) is 0 Å². The van der Waals surface area contributed by atoms with Crippen molar-refractivity contribution in [3.63, 3.8) is 0 Å². The number of hydrogen-bond acceptors (Lipinski definition) is 5. The molecule has 0 amide bonds. The van der Waals surface area contributed by atoms with Crippen LogP contribution in [0.1, 0.15) is 22.4 Å². The number of hydrogen-bond donors (Lipinski definition) is 1. The second kappa shape index (κ2) is 8.92. The molecule has 0 saturated carbocycles. The molecule has 2 aromatic heterocycles. The van der Waals surface area contributed by atoms with Gasteiger partial charge in [-0.1, -0.05) is 42.5 Å². The van der Waals surface area contributed by atoms with Gasteiger partial charge in [0.05, 0.1) is 11.9 Å². The maximum absolute atomic E-state index is 13.2. The van der Waals surface area contributed by atoms with Crippen LogP contribution in [0, 0.1) is 12.7 Å². The van der Waals surface area contributed by atoms with Gasteiger partial charge in [-0.05, 0) is 48.2 Å². The number of halogens is 1. The van der Waals surface area contributed by atoms with Crippen LogP contribution in [0.4, 0.5) is 10.2 Å². The topological polar surface area (TPSA) is 81.2 Å². The average molecular weight is 452 g/mol. The van der Waals surface area contributed by atoms with Gasteiger partial charge in [0.1, 0.15) is 23.8 Å². The van der Waals surface area contributed by atoms with Crippen molar-refractivity contribution >= 4 is 26.7 Å². The van der Waals surface area contributed by atoms with Gasteiger partial charge in [-0.15, -0.1) is 0 Å². The largest absolute Gasteiger partial charge is 0.485 e. The fourth-order valence-electron chi connectivity index (χ4n) is 3.41. The normalized spacial score (nSPS) is 11.5. The maximum atomic E-state index is 13.2. The van der Waals surface area contributed by atoms with Crippen molar-refractivity contribution in [2.75, 3.05) is 11.0 Å². The summed E-state index contributed by atoms with van der Waals surface area (Å²) < 4.78 is 45.6. The number of ether oxygens (including phenoxy) is 1. The minimum absolute atomic E-state index is 0.195. The quantitative estimate of drug-likeness (QED) is 0.444. The molecule has 0 atom stereocenters. The van der Waals surface area contributed by atoms with Gasteiger partial charge in [-0.2, -0.15) is 0 Å². The summed E-state index contributed by atoms with van der Waals surface area (Å²) in [6.45, 7) is 2.08. The molecule has 164 valence electrons. The van der Waals surface area contributed by atoms with E-state index in [9.17, 15) is 12.8 Å². The van der Waals surface area contributed by atoms with E-state index >= 15 is 0 Å². The van der Waals surface area contributed by atoms with Crippen molar-refractivity contribution in [3.8, 4) is 5.75 Å². The molecule has 0 radical (unpaired) electrons. The second-order valence-corrected chi connectivity index (χ2v) is 9.31. The first-order valence-corrected chi connectivity index (χ1v) is 11.9. The number of nitrogens with one attached hydrogen (secondary N) is 1. The molecule has 0 aliphatic heterocycles. The van der Waals surface area contributed by atoms with Crippen molar-refractivity contribution in [1.82, 2.24) is 9.97 Å². The zero-order valence-corrected chi connectivity index (χ0v) is 18.5. The Morgan fingerprint density at radius 1 is 1.00 bits per heavy atom. The minimum Gasteiger partial charge on any atom is -0.485 e. The first-order valence-electron chi connectivity index (χ1n) is 9.97. The molecule has 0 bridgehead atoms. The molecule has 1 N–H and O–H groups in total. The molecule has 8 heteroatoms. The van der Waals surface area contributed by atoms with Crippen LogP contribution in [0.5, 0.6) is 5.75 Å². The van der Waals surface area contributed by atoms with Crippen molar-refractivity contribution in [1.29, 1.82) is 0 Å². The van der Waals surface area contributed by atoms with Crippen molar-refractivity contribution in [3.05, 3.63) is 95.1 Å². The lowest BCUT2D eigenvalue weighted by Gasteiger charge is -2.15. The highest BCUT2D eigenvalue weighted by atomic mass is 32.2. The van der Waals surface area contributed by atoms with Gasteiger partial charge in [0, 0.05) is 11.6 Å². The lowest BCUT2D eigenvalue weighted by molar-refractivity contribution is 0.306. The Kier molecular flexibility index (Phi) is 6.05. The number of benzene rings is 2. The van der Waals surface area contributed by atoms with E-state index in [0.29, 0.717) is 35.4 Å². The van der Waals surface area contributed by atoms with E-state index in [1.165, 1.54) is 12.1 Å². The maximum Gasteiger partial charge on any atom is 0.230 e. The molecule has 4 aromatic rings. The second-order valence-electron chi connectivity index (χ2n) is 7.57. The van der Waals surface area contributed by atoms with Crippen molar-refractivity contribution in [2.45, 2.75) is 20.0 Å². The monoisotopic (exact) mass is 451 g/mol. The summed E-state index contributed by atoms with van der Waals surface area (Å²) in [7, 11) is -3.55. The standard InChI is InChI=1S/C24H22FN3O3S/c1-16-23(31-15-18-6-4-3-5-7-18)22-21(24(27-16)28-32(2,29)30)13-19(14-26-22)12-17-8-10-20(25)11-9-17/h3-11,13-14H,12,15H2,1-2H3,(H,27,28). The first-order chi connectivity index (χ1) is 15.3. The van der Waals surface area contributed by atoms with E-state index in [4.69, 9.17) is 4.74 Å². The number of nitrogens with zero attached hydrogens (tertiary/aromatic N) is 2. The molecule has 0 fully saturated rings. The van der Waals surface area contributed by atoms with Gasteiger partial charge in [-0.3, -0.25) is 9.71 Å². The van der Waals surface area contributed by atoms with E-state index in [0.717, 1.165) is 22.9 Å². The highest BCUT2D eigenvalue weighted by Crippen LogP contribution is 2.33. The Hall–Kier alpha value is -3.52. The van der Waals surface area contributed by atoms with Crippen molar-refractivity contribution in [2.24, 2.45) is 0 Å². The van der Waals surface area contributed by atoms with Crippen LogP contribution in [0.25, 0.3) is 10.9 Å². The fourth-order valence-corrected chi connectivity index (χ4v) is 3.92. The average Bonchev–Trinajstić information content (AvgIpc) is 2.75. The first kappa shape index (κ1) is 21.7. The van der Waals surface area contributed by atoms with Crippen LogP contribution in [-0.2, 0) is 23.1 Å². The predicted octanol–water partition coefficient (Wildman–Crippen LogP) is 4.62. The number of aromatic nitrogens is 2. The SMILES string of the molecule is Cc1nc(NS(C)(=O)=O)c2cc(Cc3ccc(F)cc3)cnc2c1OCc1ccccc1. The summed E-state index contributed by atoms with van der Waals surface area (Å²) in [5.41, 5.74) is 3.78. The van der Waals surface area contributed by atoms with E-state index < -0.39 is 10.0 Å². The molecule has 0 aliphatic rings. The Bertz CT molecular complexity index is 1360. The van der Waals surface area contributed by atoms with Crippen LogP contribution in [0.15, 0.2) is 66.9 Å². The molecule has 2 heterocycles. The molecule has 6 nitrogen and oxygen atoms in total. The number of aryl methyl sites for hydroxylation is 1. The fraction of sp³-hybridized carbons (Fsp3) is 0.167. The molecule has 4 rings (SSSR count). The third-order valence-corrected chi connectivity index (χ3v) is 5.42. The number of fused-ring (bicyclic) bond motifs is 1. The van der Waals surface area contributed by atoms with Gasteiger partial charge < -0.3 is 4.74 Å². The van der Waals surface area contributed by atoms with Crippen molar-refractivity contribution < 1.29 is 17.5 Å². The summed E-state index contributed by atoms with van der Waals surface area (Å²) in [6.07, 6.45) is 3.30. The Morgan fingerprint density at radius 3 is 2.41 bits per heavy atom. The Morgan fingerprint density at radius 2 is 1.72 bits per heavy atom. The summed E-state index contributed by atoms with van der Waals surface area (Å²) >= 11 is 0. The molecule has 0 unspecified atom stereocenters. The summed E-state index contributed by atoms with van der Waals surface area (Å²) in [5.74, 6) is 0.390. The lowest BCUT2D eigenvalue weighted by atomic mass is 10.0. The Balaban J connectivity index is 1.76. The summed E-state index contributed by atoms with van der Waals surface area (Å²) in [6, 6.07) is 17.8. The van der Waals surface area contributed by atoms with Crippen LogP contribution < -0.4 is 9.46 Å². The number of pyridine rings is 2. The number of anilines is 1. The molecule has 2 aromatic carbocycles. The van der Waals surface area contributed by atoms with Crippen LogP contribution >= 0.6 is 0 Å². The highest BCUT2D eigenvalue weighted by Gasteiger charge is 2.17. The van der Waals surface area contributed by atoms with Gasteiger partial charge in [0.15, 0.2) is 5.75 Å². The summed E-state index contributed by atoms with van der Waals surface area (Å²) in [4.78, 5) is 9.04. The molecular formula is C24H22FN3O3S. The zero-order chi connectivity index (χ0) is 22.7. The van der Waals surface area contributed by atoms with E-state index in [1.54, 1.807) is 25.3 Å². The van der Waals surface area contributed by atoms with Gasteiger partial charge >= 0.3 is 0 Å². The molecule has 0 spiro atoms. The van der Waals surface area contributed by atoms with E-state index in [1.807, 2.05) is 36.4 Å². The van der Waals surface area contributed by atoms with Gasteiger partial charge in [0.2, 0.25) is 10.0 Å². The summed E-state index contributed by atoms with van der Waals surface area (Å²) in [5, 5.41) is 0.531. The number of sulfonamides is 1. The predicted molar refractivity (Wildman–Crippen MR) is 123 cm³/mol. The van der Waals surface area contributed by atoms with Crippen LogP contribution in [0.2, 0.25) is 0 Å². The highest BCUT2D eigenvalue weighted by molar-refractivity contribution is 7.92. The van der Waals surface area contributed by atoms with E-state index in [-0.39, 0.29) is 11.6 Å². The zero-order valence-electron chi connectivity index (χ0n) is 17.7. The van der Waals surface area contributed by atoms with Gasteiger partial charge in [0.25, 0.3) is 0 Å². The third-order valence-electron chi connectivity index (χ3n) is 4.85. The van der Waals surface area contributed by atoms with Crippen LogP contribution in [-0.4, -0.2) is 24.6 Å². The molecule has 32 heavy (non-hydrogen) atoms. The molecule has 0 saturated heterocycles. The number of rotatable bonds is 7. The smallest absolute Gasteiger partial charge is 0.230 e. The minimum atomic E-state index is -3.55. The lowest BCUT2D eigenvalue weighted by Crippen LogP contribution is -2.13.